The molecule has 0 fully saturated rings. The highest BCUT2D eigenvalue weighted by atomic mass is 16.5. The molecular weight excluding hydrogens is 298 g/mol. The van der Waals surface area contributed by atoms with Gasteiger partial charge in [0, 0.05) is 26.3 Å². The van der Waals surface area contributed by atoms with Crippen LogP contribution < -0.4 is 20.1 Å². The van der Waals surface area contributed by atoms with E-state index in [4.69, 9.17) is 14.2 Å². The van der Waals surface area contributed by atoms with Crippen molar-refractivity contribution in [1.29, 1.82) is 0 Å². The molecule has 1 aromatic heterocycles. The fourth-order valence-electron chi connectivity index (χ4n) is 1.91. The topological polar surface area (TPSA) is 90.4 Å². The highest BCUT2D eigenvalue weighted by molar-refractivity contribution is 5.65. The van der Waals surface area contributed by atoms with Crippen LogP contribution in [0.25, 0.3) is 0 Å². The van der Waals surface area contributed by atoms with Crippen LogP contribution in [-0.4, -0.2) is 49.7 Å². The van der Waals surface area contributed by atoms with E-state index in [1.165, 1.54) is 0 Å². The average molecular weight is 319 g/mol. The van der Waals surface area contributed by atoms with E-state index in [1.807, 2.05) is 6.07 Å². The zero-order chi connectivity index (χ0) is 16.5. The van der Waals surface area contributed by atoms with E-state index in [-0.39, 0.29) is 0 Å². The summed E-state index contributed by atoms with van der Waals surface area (Å²) < 4.78 is 15.5. The Morgan fingerprint density at radius 1 is 1.13 bits per heavy atom. The lowest BCUT2D eigenvalue weighted by Gasteiger charge is -2.12. The summed E-state index contributed by atoms with van der Waals surface area (Å²) in [5.74, 6) is 2.37. The molecular formula is C15H21N5O3. The molecule has 124 valence electrons. The SMILES string of the molecule is COCCCNc1cnnc(Nc2cc(OC)ccc2OC)n1. The average Bonchev–Trinajstić information content (AvgIpc) is 2.59. The minimum absolute atomic E-state index is 0.369. The molecule has 0 saturated carbocycles. The van der Waals surface area contributed by atoms with Gasteiger partial charge in [-0.25, -0.2) is 0 Å². The van der Waals surface area contributed by atoms with Gasteiger partial charge in [-0.3, -0.25) is 0 Å². The van der Waals surface area contributed by atoms with Crippen LogP contribution in [0, 0.1) is 0 Å². The highest BCUT2D eigenvalue weighted by Gasteiger charge is 2.08. The lowest BCUT2D eigenvalue weighted by Crippen LogP contribution is -2.08. The van der Waals surface area contributed by atoms with Gasteiger partial charge in [-0.15, -0.1) is 5.10 Å². The number of aromatic nitrogens is 3. The van der Waals surface area contributed by atoms with Crippen molar-refractivity contribution in [1.82, 2.24) is 15.2 Å². The molecule has 0 aliphatic rings. The molecule has 8 nitrogen and oxygen atoms in total. The van der Waals surface area contributed by atoms with Gasteiger partial charge in [0.2, 0.25) is 5.95 Å². The Bertz CT molecular complexity index is 624. The number of ether oxygens (including phenoxy) is 3. The summed E-state index contributed by atoms with van der Waals surface area (Å²) in [5, 5.41) is 14.2. The Morgan fingerprint density at radius 3 is 2.74 bits per heavy atom. The fourth-order valence-corrected chi connectivity index (χ4v) is 1.91. The van der Waals surface area contributed by atoms with E-state index in [0.717, 1.165) is 13.0 Å². The first-order valence-corrected chi connectivity index (χ1v) is 7.18. The van der Waals surface area contributed by atoms with E-state index in [9.17, 15) is 0 Å². The van der Waals surface area contributed by atoms with Gasteiger partial charge in [-0.05, 0) is 18.6 Å². The standard InChI is InChI=1S/C15H21N5O3/c1-21-8-4-7-16-14-10-17-20-15(19-14)18-12-9-11(22-2)5-6-13(12)23-3/h5-6,9-10H,4,7-8H2,1-3H3,(H2,16,18,19,20). The van der Waals surface area contributed by atoms with Crippen molar-refractivity contribution < 1.29 is 14.2 Å². The number of nitrogens with zero attached hydrogens (tertiary/aromatic N) is 3. The van der Waals surface area contributed by atoms with Gasteiger partial charge in [0.1, 0.15) is 11.5 Å². The van der Waals surface area contributed by atoms with Crippen LogP contribution in [0.4, 0.5) is 17.5 Å². The lowest BCUT2D eigenvalue weighted by atomic mass is 10.2. The number of methoxy groups -OCH3 is 3. The third-order valence-electron chi connectivity index (χ3n) is 3.04. The van der Waals surface area contributed by atoms with Crippen molar-refractivity contribution in [3.63, 3.8) is 0 Å². The second kappa shape index (κ2) is 8.74. The van der Waals surface area contributed by atoms with E-state index in [1.54, 1.807) is 39.7 Å². The molecule has 0 unspecified atom stereocenters. The molecule has 0 amide bonds. The summed E-state index contributed by atoms with van der Waals surface area (Å²) in [5.41, 5.74) is 0.699. The third kappa shape index (κ3) is 4.96. The Hall–Kier alpha value is -2.61. The Morgan fingerprint density at radius 2 is 2.00 bits per heavy atom. The van der Waals surface area contributed by atoms with E-state index in [2.05, 4.69) is 25.8 Å². The normalized spacial score (nSPS) is 10.2. The number of benzene rings is 1. The number of rotatable bonds is 9. The molecule has 0 saturated heterocycles. The first kappa shape index (κ1) is 16.8. The van der Waals surface area contributed by atoms with Crippen LogP contribution in [0.1, 0.15) is 6.42 Å². The van der Waals surface area contributed by atoms with Crippen molar-refractivity contribution >= 4 is 17.5 Å². The molecule has 1 heterocycles. The second-order valence-corrected chi connectivity index (χ2v) is 4.63. The summed E-state index contributed by atoms with van der Waals surface area (Å²) in [7, 11) is 4.88. The largest absolute Gasteiger partial charge is 0.497 e. The molecule has 23 heavy (non-hydrogen) atoms. The first-order valence-electron chi connectivity index (χ1n) is 7.18. The maximum atomic E-state index is 5.32. The number of anilines is 3. The molecule has 0 aliphatic carbocycles. The molecule has 0 bridgehead atoms. The predicted octanol–water partition coefficient (Wildman–Crippen LogP) is 2.08. The predicted molar refractivity (Wildman–Crippen MR) is 87.6 cm³/mol. The Kier molecular flexibility index (Phi) is 6.37. The third-order valence-corrected chi connectivity index (χ3v) is 3.04. The number of nitrogens with one attached hydrogen (secondary N) is 2. The molecule has 0 spiro atoms. The van der Waals surface area contributed by atoms with Crippen LogP contribution in [0.5, 0.6) is 11.5 Å². The van der Waals surface area contributed by atoms with Crippen LogP contribution >= 0.6 is 0 Å². The van der Waals surface area contributed by atoms with Crippen molar-refractivity contribution in [3.05, 3.63) is 24.4 Å². The molecule has 1 aromatic carbocycles. The van der Waals surface area contributed by atoms with E-state index in [0.29, 0.717) is 35.6 Å². The van der Waals surface area contributed by atoms with Crippen LogP contribution in [-0.2, 0) is 4.74 Å². The first-order chi connectivity index (χ1) is 11.3. The van der Waals surface area contributed by atoms with Crippen LogP contribution in [0.3, 0.4) is 0 Å². The van der Waals surface area contributed by atoms with Crippen LogP contribution in [0.2, 0.25) is 0 Å². The maximum absolute atomic E-state index is 5.32. The zero-order valence-corrected chi connectivity index (χ0v) is 13.5. The second-order valence-electron chi connectivity index (χ2n) is 4.63. The molecule has 8 heteroatoms. The van der Waals surface area contributed by atoms with Gasteiger partial charge in [0.15, 0.2) is 5.82 Å². The minimum Gasteiger partial charge on any atom is -0.497 e. The van der Waals surface area contributed by atoms with Gasteiger partial charge >= 0.3 is 0 Å². The van der Waals surface area contributed by atoms with Gasteiger partial charge < -0.3 is 24.8 Å². The summed E-state index contributed by atoms with van der Waals surface area (Å²) in [4.78, 5) is 4.36. The van der Waals surface area contributed by atoms with Gasteiger partial charge in [-0.1, -0.05) is 0 Å². The molecule has 2 rings (SSSR count). The Balaban J connectivity index is 2.08. The van der Waals surface area contributed by atoms with Crippen molar-refractivity contribution in [2.24, 2.45) is 0 Å². The summed E-state index contributed by atoms with van der Waals surface area (Å²) >= 11 is 0. The summed E-state index contributed by atoms with van der Waals surface area (Å²) in [6.07, 6.45) is 2.45. The highest BCUT2D eigenvalue weighted by Crippen LogP contribution is 2.30. The molecule has 0 aliphatic heterocycles. The summed E-state index contributed by atoms with van der Waals surface area (Å²) in [6, 6.07) is 5.43. The minimum atomic E-state index is 0.369. The molecule has 0 atom stereocenters. The van der Waals surface area contributed by atoms with Gasteiger partial charge in [-0.2, -0.15) is 10.1 Å². The van der Waals surface area contributed by atoms with Crippen molar-refractivity contribution in [2.45, 2.75) is 6.42 Å². The fraction of sp³-hybridized carbons (Fsp3) is 0.400. The summed E-state index contributed by atoms with van der Waals surface area (Å²) in [6.45, 7) is 1.44. The van der Waals surface area contributed by atoms with E-state index < -0.39 is 0 Å². The Labute approximate surface area is 135 Å². The van der Waals surface area contributed by atoms with Gasteiger partial charge in [0.05, 0.1) is 26.1 Å². The lowest BCUT2D eigenvalue weighted by molar-refractivity contribution is 0.197. The van der Waals surface area contributed by atoms with E-state index >= 15 is 0 Å². The monoisotopic (exact) mass is 319 g/mol. The van der Waals surface area contributed by atoms with Crippen LogP contribution in [0.15, 0.2) is 24.4 Å². The number of hydrogen-bond donors (Lipinski definition) is 2. The van der Waals surface area contributed by atoms with Crippen molar-refractivity contribution in [3.8, 4) is 11.5 Å². The maximum Gasteiger partial charge on any atom is 0.249 e. The van der Waals surface area contributed by atoms with Crippen molar-refractivity contribution in [2.75, 3.05) is 45.1 Å². The molecule has 2 aromatic rings. The quantitative estimate of drug-likeness (QED) is 0.679. The smallest absolute Gasteiger partial charge is 0.249 e. The van der Waals surface area contributed by atoms with Gasteiger partial charge in [0.25, 0.3) is 0 Å². The zero-order valence-electron chi connectivity index (χ0n) is 13.5. The molecule has 0 radical (unpaired) electrons. The number of hydrogen-bond acceptors (Lipinski definition) is 8. The molecule has 2 N–H and O–H groups in total.